The lowest BCUT2D eigenvalue weighted by molar-refractivity contribution is -0.122. The lowest BCUT2D eigenvalue weighted by atomic mass is 9.79. The third kappa shape index (κ3) is 3.49. The largest absolute Gasteiger partial charge is 0.370 e. The lowest BCUT2D eigenvalue weighted by Crippen LogP contribution is -2.43. The highest BCUT2D eigenvalue weighted by atomic mass is 32.1. The van der Waals surface area contributed by atoms with Crippen molar-refractivity contribution in [3.05, 3.63) is 52.1 Å². The number of thiazole rings is 1. The number of hydrogen-bond acceptors (Lipinski definition) is 7. The van der Waals surface area contributed by atoms with Crippen molar-refractivity contribution in [1.29, 1.82) is 0 Å². The Morgan fingerprint density at radius 2 is 2.03 bits per heavy atom. The van der Waals surface area contributed by atoms with Crippen molar-refractivity contribution in [3.8, 4) is 0 Å². The van der Waals surface area contributed by atoms with Crippen LogP contribution in [0.25, 0.3) is 10.3 Å². The van der Waals surface area contributed by atoms with Gasteiger partial charge in [-0.1, -0.05) is 41.7 Å². The minimum atomic E-state index is -0.486. The number of methoxy groups -OCH3 is 1. The normalized spacial score (nSPS) is 19.8. The van der Waals surface area contributed by atoms with Crippen molar-refractivity contribution in [2.75, 3.05) is 18.6 Å². The summed E-state index contributed by atoms with van der Waals surface area (Å²) in [7, 11) is 3.41. The van der Waals surface area contributed by atoms with Gasteiger partial charge in [0.2, 0.25) is 5.91 Å². The minimum absolute atomic E-state index is 0.0139. The molecule has 0 spiro atoms. The predicted molar refractivity (Wildman–Crippen MR) is 124 cm³/mol. The molecule has 1 saturated carbocycles. The summed E-state index contributed by atoms with van der Waals surface area (Å²) in [4.78, 5) is 38.1. The van der Waals surface area contributed by atoms with Crippen molar-refractivity contribution >= 4 is 32.7 Å². The summed E-state index contributed by atoms with van der Waals surface area (Å²) in [6.45, 7) is 1.23. The molecule has 1 saturated heterocycles. The van der Waals surface area contributed by atoms with E-state index in [9.17, 15) is 9.59 Å². The van der Waals surface area contributed by atoms with E-state index in [1.54, 1.807) is 18.7 Å². The molecule has 0 unspecified atom stereocenters. The molecule has 1 atom stereocenters. The molecular weight excluding hydrogens is 426 g/mol. The van der Waals surface area contributed by atoms with Gasteiger partial charge < -0.3 is 15.0 Å². The van der Waals surface area contributed by atoms with E-state index in [1.165, 1.54) is 11.3 Å². The second-order valence-corrected chi connectivity index (χ2v) is 9.51. The molecule has 2 aromatic heterocycles. The minimum Gasteiger partial charge on any atom is -0.370 e. The average molecular weight is 454 g/mol. The Bertz CT molecular complexity index is 1200. The van der Waals surface area contributed by atoms with Crippen LogP contribution in [-0.2, 0) is 28.7 Å². The number of ether oxygens (including phenoxy) is 1. The topological polar surface area (TPSA) is 89.3 Å². The number of aromatic nitrogens is 3. The fourth-order valence-corrected chi connectivity index (χ4v) is 5.67. The highest BCUT2D eigenvalue weighted by Gasteiger charge is 2.43. The van der Waals surface area contributed by atoms with Gasteiger partial charge in [0.25, 0.3) is 5.56 Å². The number of hydrogen-bond donors (Lipinski definition) is 1. The third-order valence-corrected chi connectivity index (χ3v) is 7.69. The summed E-state index contributed by atoms with van der Waals surface area (Å²) in [6, 6.07) is 9.58. The van der Waals surface area contributed by atoms with E-state index in [-0.39, 0.29) is 17.5 Å². The number of amides is 1. The maximum absolute atomic E-state index is 13.1. The molecule has 2 aliphatic rings. The van der Waals surface area contributed by atoms with Crippen molar-refractivity contribution in [2.45, 2.75) is 50.3 Å². The summed E-state index contributed by atoms with van der Waals surface area (Å²) < 4.78 is 7.33. The Balaban J connectivity index is 1.42. The van der Waals surface area contributed by atoms with E-state index in [4.69, 9.17) is 9.72 Å². The molecule has 0 radical (unpaired) electrons. The van der Waals surface area contributed by atoms with E-state index in [2.05, 4.69) is 10.3 Å². The number of anilines is 1. The van der Waals surface area contributed by atoms with Crippen LogP contribution in [-0.4, -0.2) is 40.1 Å². The first-order valence-electron chi connectivity index (χ1n) is 11.0. The van der Waals surface area contributed by atoms with Gasteiger partial charge in [0.15, 0.2) is 15.5 Å². The zero-order chi connectivity index (χ0) is 22.3. The summed E-state index contributed by atoms with van der Waals surface area (Å²) in [5.74, 6) is 0.650. The molecule has 3 heterocycles. The Kier molecular flexibility index (Phi) is 5.46. The Morgan fingerprint density at radius 1 is 1.25 bits per heavy atom. The molecule has 1 amide bonds. The van der Waals surface area contributed by atoms with Crippen LogP contribution in [0.3, 0.4) is 0 Å². The molecular formula is C23H27N5O3S. The van der Waals surface area contributed by atoms with Crippen LogP contribution in [0.15, 0.2) is 35.1 Å². The first kappa shape index (κ1) is 21.1. The highest BCUT2D eigenvalue weighted by molar-refractivity contribution is 7.21. The van der Waals surface area contributed by atoms with Crippen LogP contribution in [0.5, 0.6) is 0 Å². The average Bonchev–Trinajstić information content (AvgIpc) is 3.43. The van der Waals surface area contributed by atoms with Gasteiger partial charge in [0.1, 0.15) is 17.5 Å². The molecule has 1 aliphatic carbocycles. The van der Waals surface area contributed by atoms with Crippen molar-refractivity contribution in [1.82, 2.24) is 19.9 Å². The fraction of sp³-hybridized carbons (Fsp3) is 0.478. The van der Waals surface area contributed by atoms with E-state index in [1.807, 2.05) is 35.2 Å². The number of rotatable bonds is 6. The Hall–Kier alpha value is -2.78. The van der Waals surface area contributed by atoms with E-state index < -0.39 is 5.60 Å². The number of nitrogens with zero attached hydrogens (tertiary/aromatic N) is 4. The van der Waals surface area contributed by atoms with Gasteiger partial charge >= 0.3 is 0 Å². The first-order valence-corrected chi connectivity index (χ1v) is 11.9. The summed E-state index contributed by atoms with van der Waals surface area (Å²) >= 11 is 1.38. The second kappa shape index (κ2) is 8.29. The van der Waals surface area contributed by atoms with Crippen molar-refractivity contribution in [3.63, 3.8) is 0 Å². The number of benzene rings is 1. The zero-order valence-electron chi connectivity index (χ0n) is 18.3. The second-order valence-electron chi connectivity index (χ2n) is 8.56. The van der Waals surface area contributed by atoms with Crippen LogP contribution in [0.1, 0.15) is 43.5 Å². The molecule has 5 rings (SSSR count). The van der Waals surface area contributed by atoms with Crippen molar-refractivity contribution < 1.29 is 9.53 Å². The van der Waals surface area contributed by atoms with Gasteiger partial charge in [-0.25, -0.2) is 9.97 Å². The molecule has 168 valence electrons. The molecule has 8 nitrogen and oxygen atoms in total. The lowest BCUT2D eigenvalue weighted by Gasteiger charge is -2.40. The summed E-state index contributed by atoms with van der Waals surface area (Å²) in [5, 5.41) is 3.72. The summed E-state index contributed by atoms with van der Waals surface area (Å²) in [6.07, 6.45) is 4.44. The van der Waals surface area contributed by atoms with Gasteiger partial charge in [0.05, 0.1) is 0 Å². The van der Waals surface area contributed by atoms with Gasteiger partial charge in [-0.15, -0.1) is 0 Å². The Morgan fingerprint density at radius 3 is 2.72 bits per heavy atom. The van der Waals surface area contributed by atoms with Crippen molar-refractivity contribution in [2.24, 2.45) is 7.05 Å². The zero-order valence-corrected chi connectivity index (χ0v) is 19.2. The number of nitrogens with one attached hydrogen (secondary N) is 1. The van der Waals surface area contributed by atoms with Crippen LogP contribution in [0.4, 0.5) is 5.13 Å². The molecule has 1 aliphatic heterocycles. The molecule has 0 bridgehead atoms. The number of carbonyl (C=O) groups is 1. The van der Waals surface area contributed by atoms with Crippen LogP contribution >= 0.6 is 11.3 Å². The van der Waals surface area contributed by atoms with Gasteiger partial charge in [-0.05, 0) is 37.7 Å². The Labute approximate surface area is 190 Å². The van der Waals surface area contributed by atoms with Gasteiger partial charge in [-0.3, -0.25) is 14.2 Å². The van der Waals surface area contributed by atoms with Crippen LogP contribution in [0, 0.1) is 0 Å². The maximum atomic E-state index is 13.1. The fourth-order valence-electron chi connectivity index (χ4n) is 4.66. The van der Waals surface area contributed by atoms with E-state index >= 15 is 0 Å². The van der Waals surface area contributed by atoms with Crippen LogP contribution in [0.2, 0.25) is 0 Å². The number of carbonyl (C=O) groups excluding carboxylic acids is 1. The molecule has 32 heavy (non-hydrogen) atoms. The predicted octanol–water partition coefficient (Wildman–Crippen LogP) is 2.70. The van der Waals surface area contributed by atoms with Gasteiger partial charge in [0, 0.05) is 27.2 Å². The van der Waals surface area contributed by atoms with E-state index in [0.29, 0.717) is 27.8 Å². The maximum Gasteiger partial charge on any atom is 0.280 e. The first-order chi connectivity index (χ1) is 15.5. The molecule has 2 fully saturated rings. The SMILES string of the molecule is COC1(c2nc3sc(N4CCC[C@@H]4C(=O)NCc4ccccc4)nc3c(=O)n2C)CCC1. The third-order valence-electron chi connectivity index (χ3n) is 6.70. The molecule has 1 N–H and O–H groups in total. The highest BCUT2D eigenvalue weighted by Crippen LogP contribution is 2.43. The van der Waals surface area contributed by atoms with Gasteiger partial charge in [-0.2, -0.15) is 0 Å². The molecule has 3 aromatic rings. The monoisotopic (exact) mass is 453 g/mol. The molecule has 1 aromatic carbocycles. The number of fused-ring (bicyclic) bond motifs is 1. The molecule has 9 heteroatoms. The smallest absolute Gasteiger partial charge is 0.280 e. The standard InChI is InChI=1S/C23H27N5O3S/c1-27-20(30)17-19(26-21(27)23(31-2)11-7-12-23)32-22(25-17)28-13-6-10-16(28)18(29)24-14-15-8-4-3-5-9-15/h3-5,8-9,16H,6-7,10-14H2,1-2H3,(H,24,29)/t16-/m1/s1. The quantitative estimate of drug-likeness (QED) is 0.617. The summed E-state index contributed by atoms with van der Waals surface area (Å²) in [5.41, 5.74) is 0.769. The van der Waals surface area contributed by atoms with E-state index in [0.717, 1.165) is 44.2 Å². The van der Waals surface area contributed by atoms with Crippen LogP contribution < -0.4 is 15.8 Å².